The molecule has 0 aliphatic carbocycles. The molecular weight excluding hydrogens is 300 g/mol. The van der Waals surface area contributed by atoms with Crippen molar-refractivity contribution >= 4 is 11.6 Å². The Balaban J connectivity index is 1.77. The standard InChI is InChI=1S/C19H24N4O/c1-14-9-11-20-18(21-14)19(3)10-4-12-23(19)13-16-5-7-17(8-6-16)22-15(2)24/h5-9,11H,4,10,12-13H2,1-3H3,(H,22,24)/t19-/m1/s1. The highest BCUT2D eigenvalue weighted by Gasteiger charge is 2.40. The summed E-state index contributed by atoms with van der Waals surface area (Å²) < 4.78 is 0. The number of hydrogen-bond donors (Lipinski definition) is 1. The van der Waals surface area contributed by atoms with Crippen molar-refractivity contribution in [3.63, 3.8) is 0 Å². The van der Waals surface area contributed by atoms with Crippen molar-refractivity contribution in [3.05, 3.63) is 53.6 Å². The Kier molecular flexibility index (Phi) is 4.62. The summed E-state index contributed by atoms with van der Waals surface area (Å²) in [7, 11) is 0. The summed E-state index contributed by atoms with van der Waals surface area (Å²) in [6, 6.07) is 9.98. The number of amides is 1. The topological polar surface area (TPSA) is 58.1 Å². The first-order valence-corrected chi connectivity index (χ1v) is 8.39. The lowest BCUT2D eigenvalue weighted by Gasteiger charge is -2.34. The lowest BCUT2D eigenvalue weighted by molar-refractivity contribution is -0.114. The molecule has 1 aromatic carbocycles. The molecular formula is C19H24N4O. The van der Waals surface area contributed by atoms with Gasteiger partial charge in [0.1, 0.15) is 5.82 Å². The lowest BCUT2D eigenvalue weighted by atomic mass is 9.97. The second-order valence-electron chi connectivity index (χ2n) is 6.70. The molecule has 0 saturated carbocycles. The van der Waals surface area contributed by atoms with Crippen LogP contribution in [0, 0.1) is 6.92 Å². The number of anilines is 1. The summed E-state index contributed by atoms with van der Waals surface area (Å²) in [4.78, 5) is 22.8. The average Bonchev–Trinajstić information content (AvgIpc) is 2.91. The van der Waals surface area contributed by atoms with Crippen molar-refractivity contribution in [3.8, 4) is 0 Å². The number of nitrogens with zero attached hydrogens (tertiary/aromatic N) is 3. The molecule has 1 aliphatic rings. The number of aryl methyl sites for hydroxylation is 1. The molecule has 2 heterocycles. The van der Waals surface area contributed by atoms with Crippen LogP contribution >= 0.6 is 0 Å². The molecule has 2 aromatic rings. The van der Waals surface area contributed by atoms with Gasteiger partial charge in [-0.15, -0.1) is 0 Å². The smallest absolute Gasteiger partial charge is 0.221 e. The van der Waals surface area contributed by atoms with E-state index in [0.29, 0.717) is 0 Å². The van der Waals surface area contributed by atoms with Gasteiger partial charge in [-0.2, -0.15) is 0 Å². The first-order chi connectivity index (χ1) is 11.5. The fraction of sp³-hybridized carbons (Fsp3) is 0.421. The van der Waals surface area contributed by atoms with Crippen LogP contribution in [0.15, 0.2) is 36.5 Å². The van der Waals surface area contributed by atoms with E-state index in [1.54, 1.807) is 0 Å². The quantitative estimate of drug-likeness (QED) is 0.938. The van der Waals surface area contributed by atoms with Gasteiger partial charge in [-0.1, -0.05) is 12.1 Å². The number of hydrogen-bond acceptors (Lipinski definition) is 4. The normalized spacial score (nSPS) is 21.0. The molecule has 1 amide bonds. The van der Waals surface area contributed by atoms with E-state index in [-0.39, 0.29) is 11.4 Å². The van der Waals surface area contributed by atoms with Crippen LogP contribution in [0.1, 0.15) is 43.8 Å². The first-order valence-electron chi connectivity index (χ1n) is 8.39. The second kappa shape index (κ2) is 6.69. The SMILES string of the molecule is CC(=O)Nc1ccc(CN2CCC[C@]2(C)c2nccc(C)n2)cc1. The van der Waals surface area contributed by atoms with Gasteiger partial charge in [-0.3, -0.25) is 9.69 Å². The summed E-state index contributed by atoms with van der Waals surface area (Å²) >= 11 is 0. The molecule has 3 rings (SSSR count). The van der Waals surface area contributed by atoms with Crippen LogP contribution in [0.5, 0.6) is 0 Å². The molecule has 1 N–H and O–H groups in total. The highest BCUT2D eigenvalue weighted by molar-refractivity contribution is 5.88. The van der Waals surface area contributed by atoms with E-state index < -0.39 is 0 Å². The third-order valence-corrected chi connectivity index (χ3v) is 4.71. The maximum atomic E-state index is 11.1. The zero-order valence-electron chi connectivity index (χ0n) is 14.5. The maximum Gasteiger partial charge on any atom is 0.221 e. The van der Waals surface area contributed by atoms with E-state index in [0.717, 1.165) is 43.1 Å². The largest absolute Gasteiger partial charge is 0.326 e. The van der Waals surface area contributed by atoms with Gasteiger partial charge in [-0.05, 0) is 57.0 Å². The zero-order chi connectivity index (χ0) is 17.2. The summed E-state index contributed by atoms with van der Waals surface area (Å²) in [5.41, 5.74) is 2.94. The molecule has 0 unspecified atom stereocenters. The van der Waals surface area contributed by atoms with Crippen LogP contribution in [0.3, 0.4) is 0 Å². The zero-order valence-corrected chi connectivity index (χ0v) is 14.5. The number of likely N-dealkylation sites (tertiary alicyclic amines) is 1. The minimum absolute atomic E-state index is 0.0496. The van der Waals surface area contributed by atoms with Crippen molar-refractivity contribution < 1.29 is 4.79 Å². The van der Waals surface area contributed by atoms with Crippen LogP contribution in [0.2, 0.25) is 0 Å². The van der Waals surface area contributed by atoms with E-state index in [1.807, 2.05) is 31.3 Å². The fourth-order valence-corrected chi connectivity index (χ4v) is 3.35. The van der Waals surface area contributed by atoms with E-state index in [1.165, 1.54) is 12.5 Å². The molecule has 1 fully saturated rings. The van der Waals surface area contributed by atoms with Gasteiger partial charge in [0.2, 0.25) is 5.91 Å². The number of benzene rings is 1. The molecule has 1 atom stereocenters. The Morgan fingerprint density at radius 1 is 1.29 bits per heavy atom. The van der Waals surface area contributed by atoms with Crippen molar-refractivity contribution in [2.75, 3.05) is 11.9 Å². The third kappa shape index (κ3) is 3.46. The summed E-state index contributed by atoms with van der Waals surface area (Å²) in [5.74, 6) is 0.862. The predicted octanol–water partition coefficient (Wildman–Crippen LogP) is 3.25. The molecule has 5 nitrogen and oxygen atoms in total. The molecule has 0 radical (unpaired) electrons. The molecule has 24 heavy (non-hydrogen) atoms. The van der Waals surface area contributed by atoms with Crippen molar-refractivity contribution in [1.82, 2.24) is 14.9 Å². The molecule has 1 aliphatic heterocycles. The number of carbonyl (C=O) groups is 1. The van der Waals surface area contributed by atoms with Crippen molar-refractivity contribution in [2.45, 2.75) is 45.7 Å². The van der Waals surface area contributed by atoms with Gasteiger partial charge >= 0.3 is 0 Å². The third-order valence-electron chi connectivity index (χ3n) is 4.71. The van der Waals surface area contributed by atoms with E-state index in [2.05, 4.69) is 39.2 Å². The second-order valence-corrected chi connectivity index (χ2v) is 6.70. The minimum Gasteiger partial charge on any atom is -0.326 e. The summed E-state index contributed by atoms with van der Waals surface area (Å²) in [5, 5.41) is 2.80. The maximum absolute atomic E-state index is 11.1. The molecule has 1 saturated heterocycles. The molecule has 0 spiro atoms. The summed E-state index contributed by atoms with van der Waals surface area (Å²) in [6.07, 6.45) is 4.07. The summed E-state index contributed by atoms with van der Waals surface area (Å²) in [6.45, 7) is 7.66. The van der Waals surface area contributed by atoms with Crippen molar-refractivity contribution in [2.24, 2.45) is 0 Å². The van der Waals surface area contributed by atoms with Crippen LogP contribution in [0.25, 0.3) is 0 Å². The molecule has 126 valence electrons. The Morgan fingerprint density at radius 3 is 2.71 bits per heavy atom. The Bertz CT molecular complexity index is 728. The molecule has 1 aromatic heterocycles. The fourth-order valence-electron chi connectivity index (χ4n) is 3.35. The van der Waals surface area contributed by atoms with Gasteiger partial charge in [0, 0.05) is 31.0 Å². The molecule has 0 bridgehead atoms. The minimum atomic E-state index is -0.123. The monoisotopic (exact) mass is 324 g/mol. The van der Waals surface area contributed by atoms with Crippen LogP contribution < -0.4 is 5.32 Å². The average molecular weight is 324 g/mol. The van der Waals surface area contributed by atoms with Crippen molar-refractivity contribution in [1.29, 1.82) is 0 Å². The Labute approximate surface area is 143 Å². The first kappa shape index (κ1) is 16.6. The van der Waals surface area contributed by atoms with Gasteiger partial charge in [-0.25, -0.2) is 9.97 Å². The van der Waals surface area contributed by atoms with Gasteiger partial charge in [0.05, 0.1) is 5.54 Å². The highest BCUT2D eigenvalue weighted by Crippen LogP contribution is 2.37. The van der Waals surface area contributed by atoms with Crippen LogP contribution in [-0.4, -0.2) is 27.3 Å². The predicted molar refractivity (Wildman–Crippen MR) is 94.5 cm³/mol. The van der Waals surface area contributed by atoms with Crippen LogP contribution in [0.4, 0.5) is 5.69 Å². The van der Waals surface area contributed by atoms with Gasteiger partial charge in [0.15, 0.2) is 0 Å². The van der Waals surface area contributed by atoms with E-state index >= 15 is 0 Å². The van der Waals surface area contributed by atoms with Crippen LogP contribution in [-0.2, 0) is 16.9 Å². The van der Waals surface area contributed by atoms with Gasteiger partial charge in [0.25, 0.3) is 0 Å². The number of nitrogens with one attached hydrogen (secondary N) is 1. The number of carbonyl (C=O) groups excluding carboxylic acids is 1. The lowest BCUT2D eigenvalue weighted by Crippen LogP contribution is -2.39. The Hall–Kier alpha value is -2.27. The van der Waals surface area contributed by atoms with E-state index in [9.17, 15) is 4.79 Å². The Morgan fingerprint density at radius 2 is 2.04 bits per heavy atom. The van der Waals surface area contributed by atoms with Gasteiger partial charge < -0.3 is 5.32 Å². The molecule has 5 heteroatoms. The highest BCUT2D eigenvalue weighted by atomic mass is 16.1. The number of rotatable bonds is 4. The number of aromatic nitrogens is 2. The van der Waals surface area contributed by atoms with E-state index in [4.69, 9.17) is 0 Å².